The van der Waals surface area contributed by atoms with E-state index in [4.69, 9.17) is 9.84 Å². The molecule has 0 saturated carbocycles. The molecule has 0 atom stereocenters. The lowest BCUT2D eigenvalue weighted by Crippen LogP contribution is -2.29. The van der Waals surface area contributed by atoms with Crippen LogP contribution in [0.25, 0.3) is 0 Å². The van der Waals surface area contributed by atoms with Crippen molar-refractivity contribution in [1.29, 1.82) is 0 Å². The van der Waals surface area contributed by atoms with Crippen LogP contribution in [0.3, 0.4) is 0 Å². The number of methoxy groups -OCH3 is 1. The highest BCUT2D eigenvalue weighted by Crippen LogP contribution is 2.20. The van der Waals surface area contributed by atoms with E-state index in [-0.39, 0.29) is 6.61 Å². The number of aliphatic hydroxyl groups excluding tert-OH is 1. The summed E-state index contributed by atoms with van der Waals surface area (Å²) in [6.45, 7) is 5.19. The predicted octanol–water partition coefficient (Wildman–Crippen LogP) is 2.66. The zero-order valence-electron chi connectivity index (χ0n) is 12.9. The molecule has 1 aromatic rings. The molecule has 0 fully saturated rings. The Morgan fingerprint density at radius 3 is 2.55 bits per heavy atom. The third-order valence-electron chi connectivity index (χ3n) is 3.56. The first-order valence-electron chi connectivity index (χ1n) is 7.13. The van der Waals surface area contributed by atoms with E-state index in [0.717, 1.165) is 30.7 Å². The Morgan fingerprint density at radius 1 is 1.30 bits per heavy atom. The Labute approximate surface area is 122 Å². The van der Waals surface area contributed by atoms with E-state index >= 15 is 0 Å². The Kier molecular flexibility index (Phi) is 7.14. The van der Waals surface area contributed by atoms with Crippen molar-refractivity contribution in [2.45, 2.75) is 39.3 Å². The molecule has 1 aromatic carbocycles. The number of nitrogens with zero attached hydrogens (tertiary/aromatic N) is 1. The number of rotatable bonds is 6. The molecule has 0 aliphatic heterocycles. The van der Waals surface area contributed by atoms with Crippen molar-refractivity contribution in [3.63, 3.8) is 0 Å². The second-order valence-corrected chi connectivity index (χ2v) is 4.88. The number of benzene rings is 1. The van der Waals surface area contributed by atoms with Crippen LogP contribution < -0.4 is 4.74 Å². The van der Waals surface area contributed by atoms with E-state index < -0.39 is 0 Å². The van der Waals surface area contributed by atoms with Gasteiger partial charge in [0, 0.05) is 12.6 Å². The Bertz CT molecular complexity index is 470. The van der Waals surface area contributed by atoms with E-state index in [2.05, 4.69) is 43.7 Å². The lowest BCUT2D eigenvalue weighted by Gasteiger charge is -2.26. The molecular weight excluding hydrogens is 250 g/mol. The Morgan fingerprint density at radius 2 is 2.00 bits per heavy atom. The minimum Gasteiger partial charge on any atom is -0.495 e. The summed E-state index contributed by atoms with van der Waals surface area (Å²) >= 11 is 0. The van der Waals surface area contributed by atoms with Crippen molar-refractivity contribution in [3.05, 3.63) is 29.3 Å². The fraction of sp³-hybridized carbons (Fsp3) is 0.529. The largest absolute Gasteiger partial charge is 0.495 e. The van der Waals surface area contributed by atoms with Crippen molar-refractivity contribution < 1.29 is 9.84 Å². The predicted molar refractivity (Wildman–Crippen MR) is 82.8 cm³/mol. The maximum absolute atomic E-state index is 8.82. The van der Waals surface area contributed by atoms with Crippen LogP contribution in [-0.2, 0) is 6.54 Å². The van der Waals surface area contributed by atoms with E-state index in [0.29, 0.717) is 6.04 Å². The van der Waals surface area contributed by atoms with Crippen LogP contribution in [0.5, 0.6) is 5.75 Å². The second kappa shape index (κ2) is 8.63. The number of hydrogen-bond acceptors (Lipinski definition) is 3. The molecule has 3 heteroatoms. The first-order chi connectivity index (χ1) is 9.65. The summed E-state index contributed by atoms with van der Waals surface area (Å²) in [7, 11) is 3.79. The standard InChI is InChI=1S/C17H25NO2/c1-5-16(6-2)18(3)13-14-9-10-17(20-4)15(12-14)8-7-11-19/h9-10,12,16,19H,5-6,11,13H2,1-4H3. The van der Waals surface area contributed by atoms with Crippen molar-refractivity contribution in [2.24, 2.45) is 0 Å². The van der Waals surface area contributed by atoms with Crippen molar-refractivity contribution in [2.75, 3.05) is 20.8 Å². The number of ether oxygens (including phenoxy) is 1. The van der Waals surface area contributed by atoms with Crippen molar-refractivity contribution in [1.82, 2.24) is 4.90 Å². The zero-order valence-corrected chi connectivity index (χ0v) is 12.9. The van der Waals surface area contributed by atoms with E-state index in [1.165, 1.54) is 5.56 Å². The van der Waals surface area contributed by atoms with Crippen LogP contribution in [0.15, 0.2) is 18.2 Å². The average Bonchev–Trinajstić information content (AvgIpc) is 2.46. The van der Waals surface area contributed by atoms with Gasteiger partial charge in [0.05, 0.1) is 12.7 Å². The quantitative estimate of drug-likeness (QED) is 0.810. The number of hydrogen-bond donors (Lipinski definition) is 1. The summed E-state index contributed by atoms with van der Waals surface area (Å²) in [5.41, 5.74) is 2.04. The van der Waals surface area contributed by atoms with Crippen LogP contribution >= 0.6 is 0 Å². The Balaban J connectivity index is 2.91. The van der Waals surface area contributed by atoms with Gasteiger partial charge in [-0.3, -0.25) is 4.90 Å². The van der Waals surface area contributed by atoms with Gasteiger partial charge >= 0.3 is 0 Å². The lowest BCUT2D eigenvalue weighted by molar-refractivity contribution is 0.221. The molecule has 1 N–H and O–H groups in total. The van der Waals surface area contributed by atoms with Gasteiger partial charge < -0.3 is 9.84 Å². The third kappa shape index (κ3) is 4.56. The van der Waals surface area contributed by atoms with Crippen LogP contribution in [-0.4, -0.2) is 36.8 Å². The summed E-state index contributed by atoms with van der Waals surface area (Å²) in [5.74, 6) is 6.37. The first-order valence-corrected chi connectivity index (χ1v) is 7.13. The molecule has 110 valence electrons. The average molecular weight is 275 g/mol. The minimum atomic E-state index is -0.138. The molecule has 3 nitrogen and oxygen atoms in total. The molecule has 0 aliphatic carbocycles. The monoisotopic (exact) mass is 275 g/mol. The maximum Gasteiger partial charge on any atom is 0.134 e. The van der Waals surface area contributed by atoms with Crippen molar-refractivity contribution in [3.8, 4) is 17.6 Å². The highest BCUT2D eigenvalue weighted by Gasteiger charge is 2.11. The molecule has 0 saturated heterocycles. The van der Waals surface area contributed by atoms with Crippen molar-refractivity contribution >= 4 is 0 Å². The van der Waals surface area contributed by atoms with Gasteiger partial charge in [-0.2, -0.15) is 0 Å². The molecule has 0 aliphatic rings. The second-order valence-electron chi connectivity index (χ2n) is 4.88. The van der Waals surface area contributed by atoms with Gasteiger partial charge in [-0.1, -0.05) is 31.8 Å². The smallest absolute Gasteiger partial charge is 0.134 e. The summed E-state index contributed by atoms with van der Waals surface area (Å²) in [5, 5.41) is 8.82. The zero-order chi connectivity index (χ0) is 15.0. The molecule has 0 unspecified atom stereocenters. The van der Waals surface area contributed by atoms with Gasteiger partial charge in [-0.05, 0) is 37.6 Å². The third-order valence-corrected chi connectivity index (χ3v) is 3.56. The Hall–Kier alpha value is -1.50. The number of aliphatic hydroxyl groups is 1. The molecule has 0 amide bonds. The van der Waals surface area contributed by atoms with E-state index in [1.807, 2.05) is 12.1 Å². The van der Waals surface area contributed by atoms with Crippen LogP contribution in [0.4, 0.5) is 0 Å². The first kappa shape index (κ1) is 16.6. The van der Waals surface area contributed by atoms with Gasteiger partial charge in [0.15, 0.2) is 0 Å². The fourth-order valence-electron chi connectivity index (χ4n) is 2.42. The SMILES string of the molecule is CCC(CC)N(C)Cc1ccc(OC)c(C#CCO)c1. The fourth-order valence-corrected chi connectivity index (χ4v) is 2.42. The topological polar surface area (TPSA) is 32.7 Å². The molecule has 0 aromatic heterocycles. The van der Waals surface area contributed by atoms with Gasteiger partial charge in [0.1, 0.15) is 12.4 Å². The van der Waals surface area contributed by atoms with Crippen LogP contribution in [0, 0.1) is 11.8 Å². The summed E-state index contributed by atoms with van der Waals surface area (Å²) in [6, 6.07) is 6.66. The van der Waals surface area contributed by atoms with Crippen LogP contribution in [0.1, 0.15) is 37.8 Å². The molecule has 20 heavy (non-hydrogen) atoms. The molecular formula is C17H25NO2. The lowest BCUT2D eigenvalue weighted by atomic mass is 10.1. The summed E-state index contributed by atoms with van der Waals surface area (Å²) in [4.78, 5) is 2.37. The summed E-state index contributed by atoms with van der Waals surface area (Å²) < 4.78 is 5.29. The van der Waals surface area contributed by atoms with Gasteiger partial charge in [0.25, 0.3) is 0 Å². The normalized spacial score (nSPS) is 10.6. The van der Waals surface area contributed by atoms with Gasteiger partial charge in [-0.25, -0.2) is 0 Å². The van der Waals surface area contributed by atoms with E-state index in [9.17, 15) is 0 Å². The van der Waals surface area contributed by atoms with Gasteiger partial charge in [-0.15, -0.1) is 0 Å². The molecule has 0 bridgehead atoms. The highest BCUT2D eigenvalue weighted by molar-refractivity contribution is 5.48. The summed E-state index contributed by atoms with van der Waals surface area (Å²) in [6.07, 6.45) is 2.31. The van der Waals surface area contributed by atoms with Crippen LogP contribution in [0.2, 0.25) is 0 Å². The molecule has 0 spiro atoms. The minimum absolute atomic E-state index is 0.138. The van der Waals surface area contributed by atoms with Gasteiger partial charge in [0.2, 0.25) is 0 Å². The molecule has 0 heterocycles. The molecule has 0 radical (unpaired) electrons. The highest BCUT2D eigenvalue weighted by atomic mass is 16.5. The van der Waals surface area contributed by atoms with E-state index in [1.54, 1.807) is 7.11 Å². The maximum atomic E-state index is 8.82. The molecule has 1 rings (SSSR count).